The minimum Gasteiger partial charge on any atom is -0.393 e. The van der Waals surface area contributed by atoms with E-state index in [2.05, 4.69) is 6.58 Å². The largest absolute Gasteiger partial charge is 0.393 e. The molecule has 1 aliphatic heterocycles. The van der Waals surface area contributed by atoms with Gasteiger partial charge in [-0.15, -0.1) is 6.58 Å². The zero-order valence-corrected chi connectivity index (χ0v) is 6.29. The van der Waals surface area contributed by atoms with Crippen LogP contribution in [0.4, 0.5) is 0 Å². The predicted octanol–water partition coefficient (Wildman–Crippen LogP) is 1.10. The highest BCUT2D eigenvalue weighted by atomic mass is 16.5. The van der Waals surface area contributed by atoms with E-state index >= 15 is 0 Å². The van der Waals surface area contributed by atoms with Gasteiger partial charge in [-0.1, -0.05) is 6.08 Å². The Morgan fingerprint density at radius 3 is 2.80 bits per heavy atom. The first-order chi connectivity index (χ1) is 4.72. The summed E-state index contributed by atoms with van der Waals surface area (Å²) in [5.74, 6) is 0. The van der Waals surface area contributed by atoms with E-state index in [0.717, 1.165) is 6.42 Å². The number of hydrogen-bond donors (Lipinski definition) is 1. The van der Waals surface area contributed by atoms with Gasteiger partial charge in [0.15, 0.2) is 0 Å². The van der Waals surface area contributed by atoms with Crippen molar-refractivity contribution in [2.45, 2.75) is 38.1 Å². The summed E-state index contributed by atoms with van der Waals surface area (Å²) in [5, 5.41) is 9.25. The zero-order chi connectivity index (χ0) is 7.56. The molecule has 0 saturated carbocycles. The molecule has 0 unspecified atom stereocenters. The fourth-order valence-electron chi connectivity index (χ4n) is 1.31. The van der Waals surface area contributed by atoms with E-state index in [9.17, 15) is 5.11 Å². The summed E-state index contributed by atoms with van der Waals surface area (Å²) in [6.07, 6.45) is 3.23. The van der Waals surface area contributed by atoms with Gasteiger partial charge in [-0.05, 0) is 13.3 Å². The van der Waals surface area contributed by atoms with Crippen molar-refractivity contribution in [3.63, 3.8) is 0 Å². The van der Waals surface area contributed by atoms with Crippen molar-refractivity contribution in [2.75, 3.05) is 0 Å². The molecule has 0 spiro atoms. The lowest BCUT2D eigenvalue weighted by Gasteiger charge is -2.29. The molecule has 1 fully saturated rings. The summed E-state index contributed by atoms with van der Waals surface area (Å²) >= 11 is 0. The molecular formula is C8H14O2. The molecule has 58 valence electrons. The van der Waals surface area contributed by atoms with Crippen LogP contribution < -0.4 is 0 Å². The zero-order valence-electron chi connectivity index (χ0n) is 6.29. The molecule has 0 aromatic heterocycles. The van der Waals surface area contributed by atoms with Gasteiger partial charge in [-0.2, -0.15) is 0 Å². The van der Waals surface area contributed by atoms with Gasteiger partial charge in [-0.3, -0.25) is 0 Å². The average molecular weight is 142 g/mol. The van der Waals surface area contributed by atoms with Gasteiger partial charge in [0, 0.05) is 6.42 Å². The molecule has 1 rings (SSSR count). The van der Waals surface area contributed by atoms with Crippen LogP contribution in [0.5, 0.6) is 0 Å². The standard InChI is InChI=1S/C8H14O2/c1-3-8-5-7(9)4-6(2)10-8/h3,6-9H,1,4-5H2,2H3/t6-,7+,8-/m1/s1. The SMILES string of the molecule is C=C[C@@H]1C[C@@H](O)C[C@@H](C)O1. The second kappa shape index (κ2) is 3.17. The van der Waals surface area contributed by atoms with Crippen molar-refractivity contribution in [3.05, 3.63) is 12.7 Å². The Bertz CT molecular complexity index is 112. The third kappa shape index (κ3) is 1.82. The van der Waals surface area contributed by atoms with Crippen LogP contribution in [0.25, 0.3) is 0 Å². The van der Waals surface area contributed by atoms with Crippen LogP contribution in [-0.2, 0) is 4.74 Å². The molecule has 0 aromatic carbocycles. The number of ether oxygens (including phenoxy) is 1. The third-order valence-electron chi connectivity index (χ3n) is 1.78. The second-order valence-electron chi connectivity index (χ2n) is 2.85. The summed E-state index contributed by atoms with van der Waals surface area (Å²) in [6, 6.07) is 0. The van der Waals surface area contributed by atoms with Crippen molar-refractivity contribution >= 4 is 0 Å². The quantitative estimate of drug-likeness (QED) is 0.555. The maximum Gasteiger partial charge on any atom is 0.0781 e. The molecule has 10 heavy (non-hydrogen) atoms. The maximum atomic E-state index is 9.25. The Hall–Kier alpha value is -0.340. The number of rotatable bonds is 1. The molecule has 3 atom stereocenters. The van der Waals surface area contributed by atoms with Gasteiger partial charge in [0.2, 0.25) is 0 Å². The smallest absolute Gasteiger partial charge is 0.0781 e. The first-order valence-corrected chi connectivity index (χ1v) is 3.68. The first kappa shape index (κ1) is 7.76. The normalized spacial score (nSPS) is 41.2. The third-order valence-corrected chi connectivity index (χ3v) is 1.78. The first-order valence-electron chi connectivity index (χ1n) is 3.68. The molecule has 0 aliphatic carbocycles. The average Bonchev–Trinajstić information content (AvgIpc) is 1.85. The maximum absolute atomic E-state index is 9.25. The van der Waals surface area contributed by atoms with Crippen molar-refractivity contribution in [1.82, 2.24) is 0 Å². The van der Waals surface area contributed by atoms with Crippen LogP contribution in [-0.4, -0.2) is 23.4 Å². The highest BCUT2D eigenvalue weighted by molar-refractivity contribution is 4.86. The highest BCUT2D eigenvalue weighted by Crippen LogP contribution is 2.19. The molecule has 0 amide bonds. The minimum atomic E-state index is -0.202. The van der Waals surface area contributed by atoms with Crippen molar-refractivity contribution < 1.29 is 9.84 Å². The van der Waals surface area contributed by atoms with Crippen molar-refractivity contribution in [1.29, 1.82) is 0 Å². The van der Waals surface area contributed by atoms with Crippen LogP contribution in [0, 0.1) is 0 Å². The van der Waals surface area contributed by atoms with E-state index in [-0.39, 0.29) is 18.3 Å². The predicted molar refractivity (Wildman–Crippen MR) is 39.8 cm³/mol. The molecule has 2 nitrogen and oxygen atoms in total. The van der Waals surface area contributed by atoms with E-state index in [4.69, 9.17) is 4.74 Å². The molecule has 2 heteroatoms. The van der Waals surface area contributed by atoms with Gasteiger partial charge < -0.3 is 9.84 Å². The van der Waals surface area contributed by atoms with Crippen LogP contribution in [0.1, 0.15) is 19.8 Å². The molecule has 1 saturated heterocycles. The summed E-state index contributed by atoms with van der Waals surface area (Å²) < 4.78 is 5.43. The van der Waals surface area contributed by atoms with E-state index in [1.807, 2.05) is 6.92 Å². The minimum absolute atomic E-state index is 0.0544. The Labute approximate surface area is 61.5 Å². The van der Waals surface area contributed by atoms with Crippen molar-refractivity contribution in [2.24, 2.45) is 0 Å². The summed E-state index contributed by atoms with van der Waals surface area (Å²) in [5.41, 5.74) is 0. The summed E-state index contributed by atoms with van der Waals surface area (Å²) in [7, 11) is 0. The number of aliphatic hydroxyl groups is 1. The number of aliphatic hydroxyl groups excluding tert-OH is 1. The fourth-order valence-corrected chi connectivity index (χ4v) is 1.31. The molecule has 0 bridgehead atoms. The molecule has 1 N–H and O–H groups in total. The molecule has 1 heterocycles. The summed E-state index contributed by atoms with van der Waals surface area (Å²) in [4.78, 5) is 0. The van der Waals surface area contributed by atoms with E-state index in [1.165, 1.54) is 0 Å². The Balaban J connectivity index is 2.42. The van der Waals surface area contributed by atoms with Gasteiger partial charge >= 0.3 is 0 Å². The number of hydrogen-bond acceptors (Lipinski definition) is 2. The van der Waals surface area contributed by atoms with Gasteiger partial charge in [-0.25, -0.2) is 0 Å². The van der Waals surface area contributed by atoms with Crippen LogP contribution in [0.2, 0.25) is 0 Å². The molecule has 0 aromatic rings. The molecular weight excluding hydrogens is 128 g/mol. The highest BCUT2D eigenvalue weighted by Gasteiger charge is 2.22. The van der Waals surface area contributed by atoms with E-state index in [1.54, 1.807) is 6.08 Å². The van der Waals surface area contributed by atoms with Gasteiger partial charge in [0.05, 0.1) is 18.3 Å². The second-order valence-corrected chi connectivity index (χ2v) is 2.85. The van der Waals surface area contributed by atoms with E-state index in [0.29, 0.717) is 6.42 Å². The van der Waals surface area contributed by atoms with Gasteiger partial charge in [0.25, 0.3) is 0 Å². The Kier molecular flexibility index (Phi) is 2.46. The fraction of sp³-hybridized carbons (Fsp3) is 0.750. The van der Waals surface area contributed by atoms with Crippen molar-refractivity contribution in [3.8, 4) is 0 Å². The lowest BCUT2D eigenvalue weighted by Crippen LogP contribution is -2.32. The lowest BCUT2D eigenvalue weighted by atomic mass is 10.0. The lowest BCUT2D eigenvalue weighted by molar-refractivity contribution is -0.0671. The van der Waals surface area contributed by atoms with Gasteiger partial charge in [0.1, 0.15) is 0 Å². The monoisotopic (exact) mass is 142 g/mol. The molecule has 1 aliphatic rings. The Morgan fingerprint density at radius 1 is 1.60 bits per heavy atom. The Morgan fingerprint density at radius 2 is 2.30 bits per heavy atom. The van der Waals surface area contributed by atoms with E-state index < -0.39 is 0 Å². The van der Waals surface area contributed by atoms with Crippen LogP contribution in [0.3, 0.4) is 0 Å². The van der Waals surface area contributed by atoms with Crippen LogP contribution in [0.15, 0.2) is 12.7 Å². The summed E-state index contributed by atoms with van der Waals surface area (Å²) in [6.45, 7) is 5.59. The molecule has 0 radical (unpaired) electrons. The topological polar surface area (TPSA) is 29.5 Å². The van der Waals surface area contributed by atoms with Crippen LogP contribution >= 0.6 is 0 Å².